The average Bonchev–Trinajstić information content (AvgIpc) is 3.09. The van der Waals surface area contributed by atoms with Crippen LogP contribution in [0.15, 0.2) is 53.0 Å². The van der Waals surface area contributed by atoms with E-state index in [2.05, 4.69) is 30.6 Å². The third kappa shape index (κ3) is 4.77. The van der Waals surface area contributed by atoms with Crippen LogP contribution in [0.25, 0.3) is 11.4 Å². The van der Waals surface area contributed by atoms with Crippen LogP contribution in [0, 0.1) is 0 Å². The number of nitrogens with one attached hydrogen (secondary N) is 1. The zero-order chi connectivity index (χ0) is 17.6. The molecule has 0 spiro atoms. The van der Waals surface area contributed by atoms with Crippen LogP contribution in [0.3, 0.4) is 0 Å². The van der Waals surface area contributed by atoms with Gasteiger partial charge in [0.25, 0.3) is 5.91 Å². The normalized spacial score (nSPS) is 10.3. The number of nitrogens with zero attached hydrogens (tertiary/aromatic N) is 2. The van der Waals surface area contributed by atoms with Gasteiger partial charge in [-0.05, 0) is 36.4 Å². The number of carbonyl (C=O) groups excluding carboxylic acids is 1. The van der Waals surface area contributed by atoms with E-state index in [1.807, 2.05) is 24.3 Å². The molecular formula is C17H14BrN3O3S. The summed E-state index contributed by atoms with van der Waals surface area (Å²) in [5.74, 6) is 1.59. The summed E-state index contributed by atoms with van der Waals surface area (Å²) in [5.41, 5.74) is 0.884. The fourth-order valence-corrected chi connectivity index (χ4v) is 2.84. The van der Waals surface area contributed by atoms with Crippen molar-refractivity contribution >= 4 is 38.5 Å². The maximum atomic E-state index is 12.0. The van der Waals surface area contributed by atoms with E-state index >= 15 is 0 Å². The molecule has 0 unspecified atom stereocenters. The number of anilines is 1. The molecule has 6 nitrogen and oxygen atoms in total. The molecule has 0 aliphatic carbocycles. The van der Waals surface area contributed by atoms with Crippen LogP contribution < -0.4 is 14.8 Å². The van der Waals surface area contributed by atoms with Gasteiger partial charge in [-0.2, -0.15) is 9.36 Å². The number of aromatic nitrogens is 2. The van der Waals surface area contributed by atoms with Gasteiger partial charge in [0, 0.05) is 21.6 Å². The molecule has 3 rings (SSSR count). The second-order valence-electron chi connectivity index (χ2n) is 4.94. The molecule has 0 bridgehead atoms. The number of hydrogen-bond acceptors (Lipinski definition) is 6. The molecule has 0 aliphatic rings. The third-order valence-corrected chi connectivity index (χ3v) is 4.36. The molecule has 0 radical (unpaired) electrons. The lowest BCUT2D eigenvalue weighted by Crippen LogP contribution is -2.20. The van der Waals surface area contributed by atoms with E-state index < -0.39 is 0 Å². The number of methoxy groups -OCH3 is 1. The second-order valence-corrected chi connectivity index (χ2v) is 6.61. The lowest BCUT2D eigenvalue weighted by Gasteiger charge is -2.06. The van der Waals surface area contributed by atoms with Gasteiger partial charge in [0.15, 0.2) is 12.4 Å². The Morgan fingerprint density at radius 3 is 2.48 bits per heavy atom. The summed E-state index contributed by atoms with van der Waals surface area (Å²) in [5, 5.41) is 3.11. The fourth-order valence-electron chi connectivity index (χ4n) is 1.97. The van der Waals surface area contributed by atoms with Gasteiger partial charge in [0.1, 0.15) is 11.5 Å². The molecule has 1 amide bonds. The maximum absolute atomic E-state index is 12.0. The molecule has 25 heavy (non-hydrogen) atoms. The molecular weight excluding hydrogens is 406 g/mol. The number of benzene rings is 2. The van der Waals surface area contributed by atoms with Crippen molar-refractivity contribution in [1.29, 1.82) is 0 Å². The first-order chi connectivity index (χ1) is 12.1. The van der Waals surface area contributed by atoms with Crippen LogP contribution in [0.1, 0.15) is 0 Å². The van der Waals surface area contributed by atoms with Crippen LogP contribution in [-0.4, -0.2) is 29.0 Å². The van der Waals surface area contributed by atoms with Gasteiger partial charge in [-0.3, -0.25) is 10.1 Å². The van der Waals surface area contributed by atoms with Gasteiger partial charge in [-0.1, -0.05) is 28.1 Å². The van der Waals surface area contributed by atoms with Crippen LogP contribution >= 0.6 is 27.5 Å². The first-order valence-corrected chi connectivity index (χ1v) is 8.87. The number of hydrogen-bond donors (Lipinski definition) is 1. The van der Waals surface area contributed by atoms with Crippen molar-refractivity contribution in [2.75, 3.05) is 19.0 Å². The minimum Gasteiger partial charge on any atom is -0.497 e. The second kappa shape index (κ2) is 8.09. The highest BCUT2D eigenvalue weighted by atomic mass is 79.9. The van der Waals surface area contributed by atoms with Gasteiger partial charge >= 0.3 is 0 Å². The van der Waals surface area contributed by atoms with E-state index in [0.717, 1.165) is 27.3 Å². The number of rotatable bonds is 6. The molecule has 0 aliphatic heterocycles. The largest absolute Gasteiger partial charge is 0.497 e. The number of amides is 1. The van der Waals surface area contributed by atoms with Crippen molar-refractivity contribution in [2.24, 2.45) is 0 Å². The van der Waals surface area contributed by atoms with Crippen LogP contribution in [0.2, 0.25) is 0 Å². The highest BCUT2D eigenvalue weighted by Gasteiger charge is 2.10. The number of carbonyl (C=O) groups is 1. The van der Waals surface area contributed by atoms with Gasteiger partial charge in [0.2, 0.25) is 5.13 Å². The Labute approximate surface area is 157 Å². The zero-order valence-corrected chi connectivity index (χ0v) is 15.6. The molecule has 2 aromatic carbocycles. The molecule has 1 aromatic heterocycles. The summed E-state index contributed by atoms with van der Waals surface area (Å²) >= 11 is 4.51. The molecule has 1 N–H and O–H groups in total. The Bertz CT molecular complexity index is 850. The Balaban J connectivity index is 1.55. The molecule has 8 heteroatoms. The van der Waals surface area contributed by atoms with Crippen molar-refractivity contribution in [3.63, 3.8) is 0 Å². The Morgan fingerprint density at radius 2 is 1.80 bits per heavy atom. The smallest absolute Gasteiger partial charge is 0.264 e. The summed E-state index contributed by atoms with van der Waals surface area (Å²) in [6, 6.07) is 14.7. The summed E-state index contributed by atoms with van der Waals surface area (Å²) < 4.78 is 15.7. The quantitative estimate of drug-likeness (QED) is 0.653. The highest BCUT2D eigenvalue weighted by Crippen LogP contribution is 2.23. The third-order valence-electron chi connectivity index (χ3n) is 3.20. The molecule has 0 fully saturated rings. The fraction of sp³-hybridized carbons (Fsp3) is 0.118. The molecule has 1 heterocycles. The predicted octanol–water partition coefficient (Wildman–Crippen LogP) is 3.99. The summed E-state index contributed by atoms with van der Waals surface area (Å²) in [7, 11) is 1.59. The van der Waals surface area contributed by atoms with E-state index in [-0.39, 0.29) is 12.5 Å². The summed E-state index contributed by atoms with van der Waals surface area (Å²) in [6.45, 7) is -0.112. The van der Waals surface area contributed by atoms with Crippen molar-refractivity contribution in [1.82, 2.24) is 9.36 Å². The van der Waals surface area contributed by atoms with E-state index in [4.69, 9.17) is 9.47 Å². The van der Waals surface area contributed by atoms with Crippen molar-refractivity contribution in [3.8, 4) is 22.9 Å². The predicted molar refractivity (Wildman–Crippen MR) is 100 cm³/mol. The Morgan fingerprint density at radius 1 is 1.12 bits per heavy atom. The first-order valence-electron chi connectivity index (χ1n) is 7.30. The SMILES string of the molecule is COc1ccc(OCC(=O)Nc2nc(-c3ccc(Br)cc3)ns2)cc1. The average molecular weight is 420 g/mol. The van der Waals surface area contributed by atoms with Gasteiger partial charge in [-0.15, -0.1) is 0 Å². The van der Waals surface area contributed by atoms with Gasteiger partial charge < -0.3 is 9.47 Å². The standard InChI is InChI=1S/C17H14BrN3O3S/c1-23-13-6-8-14(9-7-13)24-10-15(22)19-17-20-16(21-25-17)11-2-4-12(18)5-3-11/h2-9H,10H2,1H3,(H,19,20,21,22). The molecule has 0 atom stereocenters. The summed E-state index contributed by atoms with van der Waals surface area (Å²) in [4.78, 5) is 16.3. The van der Waals surface area contributed by atoms with Gasteiger partial charge in [-0.25, -0.2) is 0 Å². The maximum Gasteiger partial charge on any atom is 0.264 e. The minimum atomic E-state index is -0.297. The van der Waals surface area contributed by atoms with Crippen molar-refractivity contribution in [3.05, 3.63) is 53.0 Å². The first kappa shape index (κ1) is 17.4. The van der Waals surface area contributed by atoms with Crippen molar-refractivity contribution < 1.29 is 14.3 Å². The van der Waals surface area contributed by atoms with E-state index in [1.165, 1.54) is 0 Å². The van der Waals surface area contributed by atoms with E-state index in [0.29, 0.717) is 16.7 Å². The lowest BCUT2D eigenvalue weighted by atomic mass is 10.2. The number of ether oxygens (including phenoxy) is 2. The monoisotopic (exact) mass is 419 g/mol. The minimum absolute atomic E-state index is 0.112. The van der Waals surface area contributed by atoms with Crippen molar-refractivity contribution in [2.45, 2.75) is 0 Å². The van der Waals surface area contributed by atoms with Crippen LogP contribution in [0.4, 0.5) is 5.13 Å². The molecule has 3 aromatic rings. The molecule has 0 saturated heterocycles. The molecule has 0 saturated carbocycles. The topological polar surface area (TPSA) is 73.3 Å². The lowest BCUT2D eigenvalue weighted by molar-refractivity contribution is -0.118. The van der Waals surface area contributed by atoms with E-state index in [1.54, 1.807) is 31.4 Å². The highest BCUT2D eigenvalue weighted by molar-refractivity contribution is 9.10. The van der Waals surface area contributed by atoms with Crippen LogP contribution in [-0.2, 0) is 4.79 Å². The zero-order valence-electron chi connectivity index (χ0n) is 13.2. The van der Waals surface area contributed by atoms with Gasteiger partial charge in [0.05, 0.1) is 7.11 Å². The Hall–Kier alpha value is -2.45. The summed E-state index contributed by atoms with van der Waals surface area (Å²) in [6.07, 6.45) is 0. The van der Waals surface area contributed by atoms with E-state index in [9.17, 15) is 4.79 Å². The number of halogens is 1. The molecule has 128 valence electrons. The van der Waals surface area contributed by atoms with Crippen LogP contribution in [0.5, 0.6) is 11.5 Å². The Kier molecular flexibility index (Phi) is 5.62.